The summed E-state index contributed by atoms with van der Waals surface area (Å²) in [6.07, 6.45) is 0.176. The highest BCUT2D eigenvalue weighted by molar-refractivity contribution is 5.81. The first kappa shape index (κ1) is 27.6. The van der Waals surface area contributed by atoms with Crippen molar-refractivity contribution < 1.29 is 38.7 Å². The summed E-state index contributed by atoms with van der Waals surface area (Å²) in [5, 5.41) is 19.7. The monoisotopic (exact) mass is 484 g/mol. The number of esters is 2. The maximum atomic E-state index is 11.0. The molecule has 2 unspecified atom stereocenters. The minimum absolute atomic E-state index is 0.0139. The molecule has 8 nitrogen and oxygen atoms in total. The second-order valence-corrected chi connectivity index (χ2v) is 8.27. The number of carbonyl (C=O) groups excluding carboxylic acids is 2. The largest absolute Gasteiger partial charge is 0.491 e. The Morgan fingerprint density at radius 1 is 0.743 bits per heavy atom. The SMILES string of the molecule is C=CC(=O)OCC(O)COc1ccc(C(C)(C)c2ccc(OCC(O)COC(=O)C=C)cc2)cc1. The molecule has 0 saturated heterocycles. The van der Waals surface area contributed by atoms with Crippen molar-refractivity contribution in [3.05, 3.63) is 85.0 Å². The minimum Gasteiger partial charge on any atom is -0.491 e. The third-order valence-electron chi connectivity index (χ3n) is 5.21. The average Bonchev–Trinajstić information content (AvgIpc) is 2.88. The van der Waals surface area contributed by atoms with Crippen molar-refractivity contribution >= 4 is 11.9 Å². The summed E-state index contributed by atoms with van der Waals surface area (Å²) >= 11 is 0. The van der Waals surface area contributed by atoms with Crippen LogP contribution >= 0.6 is 0 Å². The standard InChI is InChI=1S/C27H32O8/c1-5-25(30)34-17-21(28)15-32-23-11-7-19(8-12-23)27(3,4)20-9-13-24(14-10-20)33-16-22(29)18-35-26(31)6-2/h5-14,21-22,28-29H,1-2,15-18H2,3-4H3. The van der Waals surface area contributed by atoms with Gasteiger partial charge in [0.2, 0.25) is 0 Å². The molecule has 0 spiro atoms. The number of rotatable bonds is 14. The van der Waals surface area contributed by atoms with Crippen molar-refractivity contribution in [3.63, 3.8) is 0 Å². The molecule has 2 N–H and O–H groups in total. The van der Waals surface area contributed by atoms with E-state index in [9.17, 15) is 19.8 Å². The van der Waals surface area contributed by atoms with Gasteiger partial charge in [-0.2, -0.15) is 0 Å². The van der Waals surface area contributed by atoms with E-state index in [4.69, 9.17) is 18.9 Å². The first-order valence-corrected chi connectivity index (χ1v) is 11.1. The lowest BCUT2D eigenvalue weighted by molar-refractivity contribution is -0.142. The number of hydrogen-bond donors (Lipinski definition) is 2. The van der Waals surface area contributed by atoms with E-state index in [1.165, 1.54) is 0 Å². The van der Waals surface area contributed by atoms with Crippen LogP contribution in [0.25, 0.3) is 0 Å². The molecule has 0 aliphatic carbocycles. The lowest BCUT2D eigenvalue weighted by atomic mass is 9.78. The summed E-state index contributed by atoms with van der Waals surface area (Å²) < 4.78 is 20.7. The zero-order valence-electron chi connectivity index (χ0n) is 20.0. The molecule has 188 valence electrons. The Kier molecular flexibility index (Phi) is 10.5. The molecular weight excluding hydrogens is 452 g/mol. The summed E-state index contributed by atoms with van der Waals surface area (Å²) in [5.41, 5.74) is 1.80. The topological polar surface area (TPSA) is 112 Å². The number of ether oxygens (including phenoxy) is 4. The fourth-order valence-corrected chi connectivity index (χ4v) is 3.06. The van der Waals surface area contributed by atoms with Gasteiger partial charge in [0, 0.05) is 17.6 Å². The van der Waals surface area contributed by atoms with Crippen molar-refractivity contribution in [3.8, 4) is 11.5 Å². The van der Waals surface area contributed by atoms with Gasteiger partial charge in [0.05, 0.1) is 0 Å². The van der Waals surface area contributed by atoms with E-state index in [0.29, 0.717) is 11.5 Å². The molecule has 2 aromatic carbocycles. The van der Waals surface area contributed by atoms with Crippen LogP contribution in [-0.2, 0) is 24.5 Å². The van der Waals surface area contributed by atoms with E-state index >= 15 is 0 Å². The van der Waals surface area contributed by atoms with Crippen LogP contribution < -0.4 is 9.47 Å². The molecule has 2 atom stereocenters. The number of aliphatic hydroxyl groups excluding tert-OH is 2. The van der Waals surface area contributed by atoms with E-state index in [-0.39, 0.29) is 31.8 Å². The molecule has 0 bridgehead atoms. The number of benzene rings is 2. The molecule has 2 aromatic rings. The van der Waals surface area contributed by atoms with Crippen molar-refractivity contribution in [1.82, 2.24) is 0 Å². The van der Waals surface area contributed by atoms with Gasteiger partial charge in [-0.25, -0.2) is 9.59 Å². The van der Waals surface area contributed by atoms with E-state index in [2.05, 4.69) is 27.0 Å². The Labute approximate surface area is 205 Å². The second kappa shape index (κ2) is 13.3. The molecule has 35 heavy (non-hydrogen) atoms. The van der Waals surface area contributed by atoms with Crippen LogP contribution in [0, 0.1) is 0 Å². The van der Waals surface area contributed by atoms with Crippen LogP contribution in [0.1, 0.15) is 25.0 Å². The van der Waals surface area contributed by atoms with Crippen LogP contribution in [0.5, 0.6) is 11.5 Å². The van der Waals surface area contributed by atoms with Crippen molar-refractivity contribution in [2.24, 2.45) is 0 Å². The summed E-state index contributed by atoms with van der Waals surface area (Å²) in [4.78, 5) is 22.1. The van der Waals surface area contributed by atoms with Gasteiger partial charge in [-0.1, -0.05) is 51.3 Å². The molecule has 2 rings (SSSR count). The highest BCUT2D eigenvalue weighted by Gasteiger charge is 2.23. The highest BCUT2D eigenvalue weighted by Crippen LogP contribution is 2.33. The normalized spacial score (nSPS) is 12.7. The third-order valence-corrected chi connectivity index (χ3v) is 5.21. The zero-order valence-corrected chi connectivity index (χ0v) is 20.0. The predicted octanol–water partition coefficient (Wildman–Crippen LogP) is 2.95. The quantitative estimate of drug-likeness (QED) is 0.311. The Balaban J connectivity index is 1.89. The molecule has 0 aromatic heterocycles. The molecule has 0 aliphatic heterocycles. The molecule has 0 fully saturated rings. The van der Waals surface area contributed by atoms with Gasteiger partial charge < -0.3 is 29.2 Å². The van der Waals surface area contributed by atoms with Gasteiger partial charge in [-0.15, -0.1) is 0 Å². The van der Waals surface area contributed by atoms with Gasteiger partial charge in [0.1, 0.15) is 50.1 Å². The highest BCUT2D eigenvalue weighted by atomic mass is 16.6. The van der Waals surface area contributed by atoms with Crippen LogP contribution in [0.2, 0.25) is 0 Å². The zero-order chi connectivity index (χ0) is 25.8. The van der Waals surface area contributed by atoms with Crippen LogP contribution in [-0.4, -0.2) is 60.8 Å². The van der Waals surface area contributed by atoms with E-state index in [1.807, 2.05) is 48.5 Å². The molecule has 0 saturated carbocycles. The van der Waals surface area contributed by atoms with Crippen molar-refractivity contribution in [1.29, 1.82) is 0 Å². The Hall–Kier alpha value is -3.62. The summed E-state index contributed by atoms with van der Waals surface area (Å²) in [6, 6.07) is 15.1. The summed E-state index contributed by atoms with van der Waals surface area (Å²) in [7, 11) is 0. The van der Waals surface area contributed by atoms with E-state index in [0.717, 1.165) is 23.3 Å². The molecular formula is C27H32O8. The molecule has 0 amide bonds. The lowest BCUT2D eigenvalue weighted by Crippen LogP contribution is -2.25. The fourth-order valence-electron chi connectivity index (χ4n) is 3.06. The molecule has 0 heterocycles. The maximum Gasteiger partial charge on any atom is 0.330 e. The first-order valence-electron chi connectivity index (χ1n) is 11.1. The van der Waals surface area contributed by atoms with E-state index < -0.39 is 24.1 Å². The van der Waals surface area contributed by atoms with Gasteiger partial charge in [-0.05, 0) is 35.4 Å². The summed E-state index contributed by atoms with van der Waals surface area (Å²) in [5.74, 6) is -0.0295. The number of aliphatic hydroxyl groups is 2. The third kappa shape index (κ3) is 8.92. The van der Waals surface area contributed by atoms with Gasteiger partial charge in [0.25, 0.3) is 0 Å². The first-order chi connectivity index (χ1) is 16.6. The average molecular weight is 485 g/mol. The Bertz CT molecular complexity index is 900. The summed E-state index contributed by atoms with van der Waals surface area (Å²) in [6.45, 7) is 10.4. The van der Waals surface area contributed by atoms with Crippen LogP contribution in [0.3, 0.4) is 0 Å². The van der Waals surface area contributed by atoms with Crippen molar-refractivity contribution in [2.45, 2.75) is 31.5 Å². The van der Waals surface area contributed by atoms with Crippen LogP contribution in [0.15, 0.2) is 73.8 Å². The number of carbonyl (C=O) groups is 2. The van der Waals surface area contributed by atoms with Gasteiger partial charge in [0.15, 0.2) is 0 Å². The smallest absolute Gasteiger partial charge is 0.330 e. The fraction of sp³-hybridized carbons (Fsp3) is 0.333. The van der Waals surface area contributed by atoms with Crippen LogP contribution in [0.4, 0.5) is 0 Å². The predicted molar refractivity (Wildman–Crippen MR) is 130 cm³/mol. The second-order valence-electron chi connectivity index (χ2n) is 8.27. The maximum absolute atomic E-state index is 11.0. The van der Waals surface area contributed by atoms with Gasteiger partial charge >= 0.3 is 11.9 Å². The number of hydrogen-bond acceptors (Lipinski definition) is 8. The molecule has 0 radical (unpaired) electrons. The lowest BCUT2D eigenvalue weighted by Gasteiger charge is -2.26. The molecule has 0 aliphatic rings. The Morgan fingerprint density at radius 3 is 1.40 bits per heavy atom. The van der Waals surface area contributed by atoms with Crippen molar-refractivity contribution in [2.75, 3.05) is 26.4 Å². The minimum atomic E-state index is -0.945. The molecule has 8 heteroatoms. The van der Waals surface area contributed by atoms with Gasteiger partial charge in [-0.3, -0.25) is 0 Å². The Morgan fingerprint density at radius 2 is 1.09 bits per heavy atom. The van der Waals surface area contributed by atoms with E-state index in [1.54, 1.807) is 0 Å².